The number of benzene rings is 5. The Kier molecular flexibility index (Phi) is 10.6. The molecule has 0 saturated carbocycles. The van der Waals surface area contributed by atoms with Gasteiger partial charge in [0, 0.05) is 22.1 Å². The summed E-state index contributed by atoms with van der Waals surface area (Å²) < 4.78 is 26.6. The Bertz CT molecular complexity index is 1870. The summed E-state index contributed by atoms with van der Waals surface area (Å²) in [5, 5.41) is 15.1. The SMILES string of the molecule is CC(O)(CCC(C(=O)N1C(=O)OCC1(Cc1ccccc1)Nc1ccccc1)c1ccc(Br)cc1OCc1ccccc1)c1ccc(F)cc1. The van der Waals surface area contributed by atoms with Crippen LogP contribution in [0.4, 0.5) is 14.9 Å². The van der Waals surface area contributed by atoms with E-state index in [4.69, 9.17) is 9.47 Å². The topological polar surface area (TPSA) is 88.1 Å². The average Bonchev–Trinajstić information content (AvgIpc) is 3.43. The van der Waals surface area contributed by atoms with E-state index in [1.165, 1.54) is 29.2 Å². The number of hydrogen-bond donors (Lipinski definition) is 2. The predicted molar refractivity (Wildman–Crippen MR) is 194 cm³/mol. The van der Waals surface area contributed by atoms with Gasteiger partial charge >= 0.3 is 6.09 Å². The molecule has 5 aromatic carbocycles. The number of imide groups is 1. The van der Waals surface area contributed by atoms with Crippen LogP contribution in [-0.2, 0) is 28.2 Å². The Morgan fingerprint density at radius 2 is 1.56 bits per heavy atom. The largest absolute Gasteiger partial charge is 0.489 e. The second-order valence-corrected chi connectivity index (χ2v) is 13.7. The first-order valence-electron chi connectivity index (χ1n) is 16.5. The van der Waals surface area contributed by atoms with Crippen molar-refractivity contribution in [2.24, 2.45) is 0 Å². The Morgan fingerprint density at radius 1 is 0.940 bits per heavy atom. The van der Waals surface area contributed by atoms with Crippen molar-refractivity contribution < 1.29 is 28.6 Å². The van der Waals surface area contributed by atoms with Crippen LogP contribution < -0.4 is 10.1 Å². The Balaban J connectivity index is 1.41. The maximum absolute atomic E-state index is 15.1. The van der Waals surface area contributed by atoms with Gasteiger partial charge in [-0.3, -0.25) is 4.79 Å². The third-order valence-electron chi connectivity index (χ3n) is 9.03. The number of amides is 2. The van der Waals surface area contributed by atoms with E-state index < -0.39 is 35.0 Å². The summed E-state index contributed by atoms with van der Waals surface area (Å²) in [4.78, 5) is 30.1. The fourth-order valence-electron chi connectivity index (χ4n) is 6.38. The number of para-hydroxylation sites is 1. The van der Waals surface area contributed by atoms with E-state index in [1.54, 1.807) is 13.0 Å². The summed E-state index contributed by atoms with van der Waals surface area (Å²) in [5.74, 6) is -1.41. The molecule has 0 aliphatic carbocycles. The van der Waals surface area contributed by atoms with Crippen molar-refractivity contribution >= 4 is 33.6 Å². The van der Waals surface area contributed by atoms with E-state index in [9.17, 15) is 14.3 Å². The highest BCUT2D eigenvalue weighted by Crippen LogP contribution is 2.41. The predicted octanol–water partition coefficient (Wildman–Crippen LogP) is 8.97. The van der Waals surface area contributed by atoms with Crippen molar-refractivity contribution in [2.45, 2.75) is 50.0 Å². The molecule has 3 unspecified atom stereocenters. The number of nitrogens with zero attached hydrogens (tertiary/aromatic N) is 1. The zero-order valence-corrected chi connectivity index (χ0v) is 29.2. The highest BCUT2D eigenvalue weighted by atomic mass is 79.9. The second-order valence-electron chi connectivity index (χ2n) is 12.7. The molecule has 0 aromatic heterocycles. The Hall–Kier alpha value is -4.99. The van der Waals surface area contributed by atoms with Crippen LogP contribution in [0.2, 0.25) is 0 Å². The van der Waals surface area contributed by atoms with Crippen LogP contribution in [0.25, 0.3) is 0 Å². The molecule has 0 bridgehead atoms. The second kappa shape index (κ2) is 15.3. The van der Waals surface area contributed by atoms with Gasteiger partial charge in [0.05, 0.1) is 11.5 Å². The van der Waals surface area contributed by atoms with Crippen molar-refractivity contribution in [1.29, 1.82) is 0 Å². The monoisotopic (exact) mass is 736 g/mol. The molecule has 9 heteroatoms. The van der Waals surface area contributed by atoms with Crippen LogP contribution in [0.15, 0.2) is 138 Å². The molecule has 5 aromatic rings. The lowest BCUT2D eigenvalue weighted by atomic mass is 9.83. The van der Waals surface area contributed by atoms with Gasteiger partial charge in [0.15, 0.2) is 5.66 Å². The molecule has 1 heterocycles. The molecule has 2 N–H and O–H groups in total. The number of carbonyl (C=O) groups is 2. The van der Waals surface area contributed by atoms with Gasteiger partial charge in [-0.1, -0.05) is 113 Å². The quantitative estimate of drug-likeness (QED) is 0.126. The third-order valence-corrected chi connectivity index (χ3v) is 9.52. The number of hydrogen-bond acceptors (Lipinski definition) is 6. The van der Waals surface area contributed by atoms with E-state index in [2.05, 4.69) is 21.2 Å². The Morgan fingerprint density at radius 3 is 2.22 bits per heavy atom. The number of carbonyl (C=O) groups excluding carboxylic acids is 2. The van der Waals surface area contributed by atoms with E-state index in [0.717, 1.165) is 15.6 Å². The zero-order chi connectivity index (χ0) is 35.1. The van der Waals surface area contributed by atoms with Crippen molar-refractivity contribution in [2.75, 3.05) is 11.9 Å². The fourth-order valence-corrected chi connectivity index (χ4v) is 6.72. The number of rotatable bonds is 13. The lowest BCUT2D eigenvalue weighted by molar-refractivity contribution is -0.133. The van der Waals surface area contributed by atoms with Crippen LogP contribution >= 0.6 is 15.9 Å². The standard InChI is InChI=1S/C41H38BrFN2O5/c1-40(48,31-17-20-33(43)21-18-31)24-23-36(35-22-19-32(42)25-37(35)49-27-30-13-7-3-8-14-30)38(46)45-39(47)50-28-41(45,26-29-11-5-2-6-12-29)44-34-15-9-4-10-16-34/h2-22,25,36,44,48H,23-24,26-28H2,1H3. The third kappa shape index (κ3) is 8.07. The zero-order valence-electron chi connectivity index (χ0n) is 27.6. The van der Waals surface area contributed by atoms with Gasteiger partial charge in [0.2, 0.25) is 5.91 Å². The number of aliphatic hydroxyl groups is 1. The molecule has 6 rings (SSSR count). The van der Waals surface area contributed by atoms with E-state index in [-0.39, 0.29) is 32.5 Å². The summed E-state index contributed by atoms with van der Waals surface area (Å²) in [5.41, 5.74) is 0.932. The first kappa shape index (κ1) is 34.9. The normalized spacial score (nSPS) is 17.4. The van der Waals surface area contributed by atoms with Gasteiger partial charge in [-0.05, 0) is 72.9 Å². The lowest BCUT2D eigenvalue weighted by Gasteiger charge is -2.38. The number of cyclic esters (lactones) is 1. The van der Waals surface area contributed by atoms with Crippen LogP contribution in [0.3, 0.4) is 0 Å². The maximum Gasteiger partial charge on any atom is 0.418 e. The molecule has 1 aliphatic heterocycles. The van der Waals surface area contributed by atoms with E-state index in [1.807, 2.05) is 103 Å². The van der Waals surface area contributed by atoms with Crippen molar-refractivity contribution in [3.8, 4) is 5.75 Å². The van der Waals surface area contributed by atoms with Gasteiger partial charge in [-0.25, -0.2) is 14.1 Å². The van der Waals surface area contributed by atoms with Crippen molar-refractivity contribution in [3.05, 3.63) is 166 Å². The molecule has 2 amide bonds. The minimum atomic E-state index is -1.42. The minimum absolute atomic E-state index is 0.0842. The molecule has 1 aliphatic rings. The number of ether oxygens (including phenoxy) is 2. The smallest absolute Gasteiger partial charge is 0.418 e. The van der Waals surface area contributed by atoms with Gasteiger partial charge in [-0.15, -0.1) is 0 Å². The minimum Gasteiger partial charge on any atom is -0.489 e. The molecule has 1 fully saturated rings. The molecule has 1 saturated heterocycles. The summed E-state index contributed by atoms with van der Waals surface area (Å²) in [6.07, 6.45) is -0.251. The summed E-state index contributed by atoms with van der Waals surface area (Å²) >= 11 is 3.55. The molecule has 7 nitrogen and oxygen atoms in total. The maximum atomic E-state index is 15.1. The molecular weight excluding hydrogens is 699 g/mol. The molecule has 50 heavy (non-hydrogen) atoms. The molecule has 0 spiro atoms. The van der Waals surface area contributed by atoms with Crippen molar-refractivity contribution in [3.63, 3.8) is 0 Å². The van der Waals surface area contributed by atoms with E-state index in [0.29, 0.717) is 22.6 Å². The first-order valence-corrected chi connectivity index (χ1v) is 17.3. The summed E-state index contributed by atoms with van der Waals surface area (Å²) in [7, 11) is 0. The molecular formula is C41H38BrFN2O5. The number of halogens is 2. The van der Waals surface area contributed by atoms with Gasteiger partial charge in [-0.2, -0.15) is 0 Å². The fraction of sp³-hybridized carbons (Fsp3) is 0.220. The van der Waals surface area contributed by atoms with E-state index >= 15 is 4.79 Å². The van der Waals surface area contributed by atoms with Crippen LogP contribution in [-0.4, -0.2) is 34.3 Å². The molecule has 0 radical (unpaired) electrons. The van der Waals surface area contributed by atoms with Crippen LogP contribution in [0.5, 0.6) is 5.75 Å². The summed E-state index contributed by atoms with van der Waals surface area (Å²) in [6, 6.07) is 39.8. The summed E-state index contributed by atoms with van der Waals surface area (Å²) in [6.45, 7) is 1.80. The van der Waals surface area contributed by atoms with Crippen LogP contribution in [0.1, 0.15) is 47.9 Å². The highest BCUT2D eigenvalue weighted by molar-refractivity contribution is 9.10. The molecule has 3 atom stereocenters. The van der Waals surface area contributed by atoms with Gasteiger partial charge < -0.3 is 19.9 Å². The van der Waals surface area contributed by atoms with Gasteiger partial charge in [0.25, 0.3) is 0 Å². The first-order chi connectivity index (χ1) is 24.1. The van der Waals surface area contributed by atoms with Crippen molar-refractivity contribution in [1.82, 2.24) is 4.90 Å². The number of nitrogens with one attached hydrogen (secondary N) is 1. The highest BCUT2D eigenvalue weighted by Gasteiger charge is 2.53. The number of anilines is 1. The molecule has 256 valence electrons. The van der Waals surface area contributed by atoms with Gasteiger partial charge in [0.1, 0.15) is 24.8 Å². The lowest BCUT2D eigenvalue weighted by Crippen LogP contribution is -2.58. The average molecular weight is 738 g/mol. The van der Waals surface area contributed by atoms with Crippen LogP contribution in [0, 0.1) is 5.82 Å². The Labute approximate surface area is 299 Å².